The lowest BCUT2D eigenvalue weighted by Gasteiger charge is -2.30. The molecule has 0 spiro atoms. The van der Waals surface area contributed by atoms with Gasteiger partial charge in [0.25, 0.3) is 5.91 Å². The fraction of sp³-hybridized carbons (Fsp3) is 0.583. The van der Waals surface area contributed by atoms with Gasteiger partial charge in [-0.15, -0.1) is 0 Å². The van der Waals surface area contributed by atoms with Gasteiger partial charge in [0, 0.05) is 12.6 Å². The lowest BCUT2D eigenvalue weighted by molar-refractivity contribution is -0.142. The molecule has 0 saturated carbocycles. The smallest absolute Gasteiger partial charge is 0.326 e. The lowest BCUT2D eigenvalue weighted by atomic mass is 10.0. The van der Waals surface area contributed by atoms with Gasteiger partial charge >= 0.3 is 5.97 Å². The molecule has 2 rings (SSSR count). The van der Waals surface area contributed by atoms with E-state index in [-0.39, 0.29) is 11.6 Å². The number of carboxylic acids is 1. The van der Waals surface area contributed by atoms with Gasteiger partial charge in [-0.25, -0.2) is 4.79 Å². The number of hydrogen-bond donors (Lipinski definition) is 1. The van der Waals surface area contributed by atoms with E-state index < -0.39 is 12.0 Å². The SMILES string of the molecule is O=C(O)C1CCCCCCN1C(=O)c1ccon1. The molecule has 18 heavy (non-hydrogen) atoms. The van der Waals surface area contributed by atoms with Gasteiger partial charge in [-0.3, -0.25) is 4.79 Å². The minimum Gasteiger partial charge on any atom is -0.480 e. The standard InChI is InChI=1S/C12H16N2O4/c15-11(9-6-8-18-13-9)14-7-4-2-1-3-5-10(14)12(16)17/h6,8,10H,1-5,7H2,(H,16,17). The molecule has 1 unspecified atom stereocenters. The Morgan fingerprint density at radius 1 is 1.33 bits per heavy atom. The van der Waals surface area contributed by atoms with Crippen molar-refractivity contribution in [3.63, 3.8) is 0 Å². The van der Waals surface area contributed by atoms with E-state index >= 15 is 0 Å². The lowest BCUT2D eigenvalue weighted by Crippen LogP contribution is -2.46. The molecule has 1 atom stereocenters. The number of carbonyl (C=O) groups excluding carboxylic acids is 1. The first-order valence-electron chi connectivity index (χ1n) is 6.14. The van der Waals surface area contributed by atoms with Crippen molar-refractivity contribution in [1.82, 2.24) is 10.1 Å². The Morgan fingerprint density at radius 3 is 2.78 bits per heavy atom. The third-order valence-electron chi connectivity index (χ3n) is 3.21. The monoisotopic (exact) mass is 252 g/mol. The van der Waals surface area contributed by atoms with Crippen molar-refractivity contribution in [2.45, 2.75) is 38.1 Å². The zero-order valence-corrected chi connectivity index (χ0v) is 10.0. The first-order valence-corrected chi connectivity index (χ1v) is 6.14. The molecule has 1 aromatic rings. The second kappa shape index (κ2) is 5.66. The number of aromatic nitrogens is 1. The number of rotatable bonds is 2. The maximum Gasteiger partial charge on any atom is 0.326 e. The quantitative estimate of drug-likeness (QED) is 0.863. The highest BCUT2D eigenvalue weighted by molar-refractivity contribution is 5.94. The number of carboxylic acid groups (broad SMARTS) is 1. The maximum atomic E-state index is 12.2. The van der Waals surface area contributed by atoms with Crippen LogP contribution in [0.1, 0.15) is 42.6 Å². The Balaban J connectivity index is 2.18. The molecule has 0 radical (unpaired) electrons. The Morgan fingerprint density at radius 2 is 2.11 bits per heavy atom. The van der Waals surface area contributed by atoms with Crippen LogP contribution in [0.25, 0.3) is 0 Å². The second-order valence-corrected chi connectivity index (χ2v) is 4.44. The van der Waals surface area contributed by atoms with Crippen molar-refractivity contribution in [3.8, 4) is 0 Å². The van der Waals surface area contributed by atoms with E-state index in [4.69, 9.17) is 0 Å². The van der Waals surface area contributed by atoms with E-state index in [2.05, 4.69) is 9.68 Å². The summed E-state index contributed by atoms with van der Waals surface area (Å²) in [6, 6.07) is 0.703. The molecule has 98 valence electrons. The third kappa shape index (κ3) is 2.69. The van der Waals surface area contributed by atoms with Gasteiger partial charge in [0.2, 0.25) is 0 Å². The van der Waals surface area contributed by atoms with Crippen LogP contribution in [0.4, 0.5) is 0 Å². The molecule has 1 N–H and O–H groups in total. The minimum absolute atomic E-state index is 0.168. The van der Waals surface area contributed by atoms with E-state index in [1.54, 1.807) is 0 Å². The Bertz CT molecular complexity index is 416. The Labute approximate surface area is 105 Å². The molecule has 1 fully saturated rings. The molecule has 6 heteroatoms. The first-order chi connectivity index (χ1) is 8.70. The van der Waals surface area contributed by atoms with E-state index in [1.165, 1.54) is 17.2 Å². The van der Waals surface area contributed by atoms with Crippen LogP contribution < -0.4 is 0 Å². The van der Waals surface area contributed by atoms with Crippen molar-refractivity contribution in [3.05, 3.63) is 18.0 Å². The van der Waals surface area contributed by atoms with Crippen LogP contribution >= 0.6 is 0 Å². The highest BCUT2D eigenvalue weighted by atomic mass is 16.5. The van der Waals surface area contributed by atoms with Crippen LogP contribution in [0.15, 0.2) is 16.9 Å². The second-order valence-electron chi connectivity index (χ2n) is 4.44. The zero-order valence-electron chi connectivity index (χ0n) is 10.0. The molecular formula is C12H16N2O4. The Kier molecular flexibility index (Phi) is 3.96. The summed E-state index contributed by atoms with van der Waals surface area (Å²) in [6.07, 6.45) is 5.52. The summed E-state index contributed by atoms with van der Waals surface area (Å²) in [7, 11) is 0. The fourth-order valence-corrected chi connectivity index (χ4v) is 2.25. The molecule has 1 aliphatic heterocycles. The molecule has 0 aliphatic carbocycles. The van der Waals surface area contributed by atoms with Gasteiger partial charge in [0.1, 0.15) is 12.3 Å². The number of hydrogen-bond acceptors (Lipinski definition) is 4. The molecule has 1 saturated heterocycles. The summed E-state index contributed by atoms with van der Waals surface area (Å²) in [5.74, 6) is -1.31. The molecule has 0 bridgehead atoms. The number of nitrogens with zero attached hydrogens (tertiary/aromatic N) is 2. The van der Waals surface area contributed by atoms with Crippen molar-refractivity contribution in [1.29, 1.82) is 0 Å². The van der Waals surface area contributed by atoms with Gasteiger partial charge in [0.05, 0.1) is 0 Å². The van der Waals surface area contributed by atoms with E-state index in [1.807, 2.05) is 0 Å². The molecule has 2 heterocycles. The van der Waals surface area contributed by atoms with E-state index in [9.17, 15) is 14.7 Å². The average molecular weight is 252 g/mol. The summed E-state index contributed by atoms with van der Waals surface area (Å²) < 4.78 is 4.63. The average Bonchev–Trinajstić information content (AvgIpc) is 2.80. The first kappa shape index (κ1) is 12.6. The van der Waals surface area contributed by atoms with Crippen LogP contribution in [0.2, 0.25) is 0 Å². The van der Waals surface area contributed by atoms with Crippen molar-refractivity contribution in [2.75, 3.05) is 6.54 Å². The van der Waals surface area contributed by atoms with E-state index in [0.29, 0.717) is 13.0 Å². The normalized spacial score (nSPS) is 21.1. The van der Waals surface area contributed by atoms with E-state index in [0.717, 1.165) is 25.7 Å². The highest BCUT2D eigenvalue weighted by Crippen LogP contribution is 2.19. The maximum absolute atomic E-state index is 12.2. The number of carbonyl (C=O) groups is 2. The number of aliphatic carboxylic acids is 1. The summed E-state index contributed by atoms with van der Waals surface area (Å²) in [5.41, 5.74) is 0.168. The summed E-state index contributed by atoms with van der Waals surface area (Å²) in [5, 5.41) is 12.8. The van der Waals surface area contributed by atoms with Crippen LogP contribution in [0.3, 0.4) is 0 Å². The fourth-order valence-electron chi connectivity index (χ4n) is 2.25. The van der Waals surface area contributed by atoms with Gasteiger partial charge in [-0.2, -0.15) is 0 Å². The van der Waals surface area contributed by atoms with Gasteiger partial charge in [0.15, 0.2) is 5.69 Å². The zero-order chi connectivity index (χ0) is 13.0. The molecule has 1 aliphatic rings. The number of amides is 1. The van der Waals surface area contributed by atoms with Crippen LogP contribution in [-0.2, 0) is 4.79 Å². The summed E-state index contributed by atoms with van der Waals surface area (Å²) in [6.45, 7) is 0.461. The molecule has 1 amide bonds. The van der Waals surface area contributed by atoms with Crippen molar-refractivity contribution >= 4 is 11.9 Å². The van der Waals surface area contributed by atoms with Gasteiger partial charge < -0.3 is 14.5 Å². The molecular weight excluding hydrogens is 236 g/mol. The van der Waals surface area contributed by atoms with Crippen LogP contribution in [-0.4, -0.2) is 39.6 Å². The molecule has 1 aromatic heterocycles. The third-order valence-corrected chi connectivity index (χ3v) is 3.21. The Hall–Kier alpha value is -1.85. The minimum atomic E-state index is -0.950. The van der Waals surface area contributed by atoms with Crippen LogP contribution in [0, 0.1) is 0 Å². The largest absolute Gasteiger partial charge is 0.480 e. The number of likely N-dealkylation sites (tertiary alicyclic amines) is 1. The van der Waals surface area contributed by atoms with Gasteiger partial charge in [-0.05, 0) is 12.8 Å². The van der Waals surface area contributed by atoms with Crippen LogP contribution in [0.5, 0.6) is 0 Å². The topological polar surface area (TPSA) is 83.6 Å². The predicted molar refractivity (Wildman–Crippen MR) is 62.0 cm³/mol. The summed E-state index contributed by atoms with van der Waals surface area (Å²) in [4.78, 5) is 24.8. The highest BCUT2D eigenvalue weighted by Gasteiger charge is 2.31. The van der Waals surface area contributed by atoms with Crippen molar-refractivity contribution in [2.24, 2.45) is 0 Å². The predicted octanol–water partition coefficient (Wildman–Crippen LogP) is 1.53. The summed E-state index contributed by atoms with van der Waals surface area (Å²) >= 11 is 0. The molecule has 6 nitrogen and oxygen atoms in total. The van der Waals surface area contributed by atoms with Gasteiger partial charge in [-0.1, -0.05) is 24.4 Å². The van der Waals surface area contributed by atoms with Crippen molar-refractivity contribution < 1.29 is 19.2 Å². The molecule has 0 aromatic carbocycles.